The third-order valence-corrected chi connectivity index (χ3v) is 5.00. The normalized spacial score (nSPS) is 22.6. The Bertz CT molecular complexity index is 872. The van der Waals surface area contributed by atoms with E-state index in [1.807, 2.05) is 0 Å². The van der Waals surface area contributed by atoms with E-state index in [9.17, 15) is 9.59 Å². The first-order chi connectivity index (χ1) is 12.0. The summed E-state index contributed by atoms with van der Waals surface area (Å²) in [5.41, 5.74) is -0.657. The third kappa shape index (κ3) is 2.98. The fourth-order valence-electron chi connectivity index (χ4n) is 3.47. The van der Waals surface area contributed by atoms with Gasteiger partial charge in [-0.25, -0.2) is 9.48 Å². The number of aryl methyl sites for hydroxylation is 2. The van der Waals surface area contributed by atoms with Crippen molar-refractivity contribution in [2.45, 2.75) is 38.0 Å². The van der Waals surface area contributed by atoms with Crippen molar-refractivity contribution in [2.75, 3.05) is 13.1 Å². The second kappa shape index (κ2) is 5.99. The summed E-state index contributed by atoms with van der Waals surface area (Å²) in [6, 6.07) is 1.61. The predicted molar refractivity (Wildman–Crippen MR) is 86.0 cm³/mol. The van der Waals surface area contributed by atoms with Crippen LogP contribution in [0.4, 0.5) is 0 Å². The van der Waals surface area contributed by atoms with E-state index in [0.717, 1.165) is 0 Å². The number of ether oxygens (including phenoxy) is 1. The van der Waals surface area contributed by atoms with Crippen LogP contribution in [0.1, 0.15) is 24.4 Å². The Morgan fingerprint density at radius 3 is 3.04 bits per heavy atom. The van der Waals surface area contributed by atoms with Crippen LogP contribution in [0.25, 0.3) is 0 Å². The molecule has 1 amide bonds. The zero-order valence-corrected chi connectivity index (χ0v) is 14.5. The number of halogens is 1. The second-order valence-electron chi connectivity index (χ2n) is 6.56. The molecule has 9 nitrogen and oxygen atoms in total. The van der Waals surface area contributed by atoms with E-state index in [1.54, 1.807) is 22.6 Å². The van der Waals surface area contributed by atoms with Gasteiger partial charge in [-0.3, -0.25) is 9.36 Å². The molecule has 0 bridgehead atoms. The van der Waals surface area contributed by atoms with Gasteiger partial charge < -0.3 is 14.2 Å². The summed E-state index contributed by atoms with van der Waals surface area (Å²) < 4.78 is 14.0. The molecule has 0 N–H and O–H groups in total. The number of aromatic nitrogens is 4. The van der Waals surface area contributed by atoms with E-state index >= 15 is 0 Å². The molecule has 2 aliphatic rings. The summed E-state index contributed by atoms with van der Waals surface area (Å²) in [5, 5.41) is 8.04. The van der Waals surface area contributed by atoms with Gasteiger partial charge in [0.05, 0.1) is 13.1 Å². The molecular weight excluding hydrogens is 350 g/mol. The van der Waals surface area contributed by atoms with E-state index in [0.29, 0.717) is 50.5 Å². The number of likely N-dealkylation sites (tertiary alicyclic amines) is 1. The van der Waals surface area contributed by atoms with Crippen molar-refractivity contribution in [3.05, 3.63) is 33.3 Å². The molecule has 2 aromatic heterocycles. The number of hydrogen-bond donors (Lipinski definition) is 0. The Morgan fingerprint density at radius 1 is 1.44 bits per heavy atom. The number of fused-ring (bicyclic) bond motifs is 1. The van der Waals surface area contributed by atoms with Crippen molar-refractivity contribution in [2.24, 2.45) is 7.05 Å². The maximum Gasteiger partial charge on any atom is 0.345 e. The van der Waals surface area contributed by atoms with Crippen molar-refractivity contribution in [3.63, 3.8) is 0 Å². The lowest BCUT2D eigenvalue weighted by molar-refractivity contribution is -0.133. The van der Waals surface area contributed by atoms with Crippen LogP contribution in [0.15, 0.2) is 15.4 Å². The SMILES string of the molecule is Cn1nc2n(c1=O)CC1(CCN(C(=O)CCc3cc(Cl)no3)C1)OC2. The quantitative estimate of drug-likeness (QED) is 0.777. The Kier molecular flexibility index (Phi) is 3.92. The summed E-state index contributed by atoms with van der Waals surface area (Å²) in [6.45, 7) is 1.80. The molecule has 25 heavy (non-hydrogen) atoms. The van der Waals surface area contributed by atoms with Crippen LogP contribution in [0.3, 0.4) is 0 Å². The number of carbonyl (C=O) groups excluding carboxylic acids is 1. The van der Waals surface area contributed by atoms with Crippen LogP contribution in [-0.2, 0) is 36.2 Å². The maximum absolute atomic E-state index is 12.5. The maximum atomic E-state index is 12.5. The monoisotopic (exact) mass is 367 g/mol. The molecule has 0 radical (unpaired) electrons. The third-order valence-electron chi connectivity index (χ3n) is 4.82. The largest absolute Gasteiger partial charge is 0.363 e. The number of carbonyl (C=O) groups is 1. The van der Waals surface area contributed by atoms with Crippen molar-refractivity contribution < 1.29 is 14.1 Å². The van der Waals surface area contributed by atoms with Crippen molar-refractivity contribution in [3.8, 4) is 0 Å². The van der Waals surface area contributed by atoms with E-state index in [1.165, 1.54) is 4.68 Å². The first kappa shape index (κ1) is 16.3. The van der Waals surface area contributed by atoms with Crippen LogP contribution in [-0.4, -0.2) is 49.0 Å². The van der Waals surface area contributed by atoms with Gasteiger partial charge in [-0.15, -0.1) is 0 Å². The molecule has 4 rings (SSSR count). The van der Waals surface area contributed by atoms with Gasteiger partial charge in [-0.2, -0.15) is 5.10 Å². The van der Waals surface area contributed by atoms with Gasteiger partial charge in [0, 0.05) is 32.5 Å². The fraction of sp³-hybridized carbons (Fsp3) is 0.600. The molecular formula is C15H18ClN5O4. The molecule has 1 unspecified atom stereocenters. The lowest BCUT2D eigenvalue weighted by Crippen LogP contribution is -2.47. The Labute approximate surface area is 148 Å². The zero-order chi connectivity index (χ0) is 17.6. The van der Waals surface area contributed by atoms with Crippen LogP contribution in [0, 0.1) is 0 Å². The molecule has 2 aliphatic heterocycles. The van der Waals surface area contributed by atoms with E-state index in [2.05, 4.69) is 10.3 Å². The Morgan fingerprint density at radius 2 is 2.28 bits per heavy atom. The zero-order valence-electron chi connectivity index (χ0n) is 13.8. The van der Waals surface area contributed by atoms with Crippen molar-refractivity contribution >= 4 is 17.5 Å². The second-order valence-corrected chi connectivity index (χ2v) is 6.95. The van der Waals surface area contributed by atoms with E-state index < -0.39 is 5.60 Å². The highest BCUT2D eigenvalue weighted by Gasteiger charge is 2.44. The summed E-state index contributed by atoms with van der Waals surface area (Å²) in [7, 11) is 1.63. The Hall–Kier alpha value is -2.13. The summed E-state index contributed by atoms with van der Waals surface area (Å²) in [4.78, 5) is 26.4. The lowest BCUT2D eigenvalue weighted by atomic mass is 10.0. The highest BCUT2D eigenvalue weighted by molar-refractivity contribution is 6.29. The highest BCUT2D eigenvalue weighted by atomic mass is 35.5. The molecule has 0 aliphatic carbocycles. The molecule has 10 heteroatoms. The van der Waals surface area contributed by atoms with Crippen molar-refractivity contribution in [1.29, 1.82) is 0 Å². The van der Waals surface area contributed by atoms with Gasteiger partial charge in [-0.1, -0.05) is 16.8 Å². The predicted octanol–water partition coefficient (Wildman–Crippen LogP) is 0.357. The van der Waals surface area contributed by atoms with Crippen LogP contribution >= 0.6 is 11.6 Å². The van der Waals surface area contributed by atoms with E-state index in [-0.39, 0.29) is 23.4 Å². The molecule has 1 saturated heterocycles. The highest BCUT2D eigenvalue weighted by Crippen LogP contribution is 2.31. The number of nitrogens with zero attached hydrogens (tertiary/aromatic N) is 5. The molecule has 1 atom stereocenters. The number of rotatable bonds is 3. The minimum absolute atomic E-state index is 0.0253. The van der Waals surface area contributed by atoms with Gasteiger partial charge in [-0.05, 0) is 6.42 Å². The molecule has 1 fully saturated rings. The molecule has 4 heterocycles. The summed E-state index contributed by atoms with van der Waals surface area (Å²) >= 11 is 5.70. The van der Waals surface area contributed by atoms with Crippen molar-refractivity contribution in [1.82, 2.24) is 24.4 Å². The number of hydrogen-bond acceptors (Lipinski definition) is 6. The standard InChI is InChI=1S/C15H18ClN5O4/c1-19-14(23)21-9-15(24-7-12(21)17-19)4-5-20(8-15)13(22)3-2-10-6-11(16)18-25-10/h6H,2-5,7-9H2,1H3. The smallest absolute Gasteiger partial charge is 0.345 e. The first-order valence-electron chi connectivity index (χ1n) is 8.11. The van der Waals surface area contributed by atoms with E-state index in [4.69, 9.17) is 20.9 Å². The molecule has 134 valence electrons. The summed E-state index contributed by atoms with van der Waals surface area (Å²) in [6.07, 6.45) is 1.47. The Balaban J connectivity index is 1.40. The minimum Gasteiger partial charge on any atom is -0.363 e. The van der Waals surface area contributed by atoms with Gasteiger partial charge in [0.25, 0.3) is 0 Å². The van der Waals surface area contributed by atoms with Gasteiger partial charge in [0.2, 0.25) is 5.91 Å². The lowest BCUT2D eigenvalue weighted by Gasteiger charge is -2.33. The average Bonchev–Trinajstić information content (AvgIpc) is 3.27. The molecule has 0 saturated carbocycles. The minimum atomic E-state index is -0.509. The number of amides is 1. The molecule has 1 spiro atoms. The van der Waals surface area contributed by atoms with Gasteiger partial charge in [0.15, 0.2) is 11.0 Å². The first-order valence-corrected chi connectivity index (χ1v) is 8.49. The topological polar surface area (TPSA) is 95.4 Å². The van der Waals surface area contributed by atoms with Gasteiger partial charge >= 0.3 is 5.69 Å². The van der Waals surface area contributed by atoms with Gasteiger partial charge in [0.1, 0.15) is 18.0 Å². The van der Waals surface area contributed by atoms with Crippen LogP contribution in [0.2, 0.25) is 5.15 Å². The average molecular weight is 368 g/mol. The summed E-state index contributed by atoms with van der Waals surface area (Å²) in [5.74, 6) is 1.25. The fourth-order valence-corrected chi connectivity index (χ4v) is 3.63. The molecule has 0 aromatic carbocycles. The molecule has 2 aromatic rings. The van der Waals surface area contributed by atoms with Crippen LogP contribution in [0.5, 0.6) is 0 Å². The van der Waals surface area contributed by atoms with Crippen LogP contribution < -0.4 is 5.69 Å².